The molecule has 0 spiro atoms. The van der Waals surface area contributed by atoms with Crippen molar-refractivity contribution in [3.8, 4) is 0 Å². The summed E-state index contributed by atoms with van der Waals surface area (Å²) in [5.74, 6) is 0.646. The Labute approximate surface area is 207 Å². The topological polar surface area (TPSA) is 55.8 Å². The molecule has 2 aromatic carbocycles. The molecule has 0 atom stereocenters. The highest BCUT2D eigenvalue weighted by Crippen LogP contribution is 2.56. The van der Waals surface area contributed by atoms with Crippen LogP contribution in [0.4, 0.5) is 0 Å². The number of hydrogen-bond donors (Lipinski definition) is 1. The summed E-state index contributed by atoms with van der Waals surface area (Å²) < 4.78 is 26.7. The summed E-state index contributed by atoms with van der Waals surface area (Å²) in [7, 11) is -4.50. The Balaban J connectivity index is 1.37. The van der Waals surface area contributed by atoms with Gasteiger partial charge in [-0.15, -0.1) is 22.7 Å². The van der Waals surface area contributed by atoms with Crippen LogP contribution in [0.1, 0.15) is 22.3 Å². The normalized spacial score (nSPS) is 14.5. The number of hydrogen-bond acceptors (Lipinski definition) is 7. The molecule has 33 heavy (non-hydrogen) atoms. The largest absolute Gasteiger partial charge is 0.584 e. The molecule has 164 valence electrons. The highest BCUT2D eigenvalue weighted by atomic mass is 32.2. The van der Waals surface area contributed by atoms with Gasteiger partial charge in [0.2, 0.25) is 0 Å². The van der Waals surface area contributed by atoms with Gasteiger partial charge in [0.25, 0.3) is 0 Å². The Kier molecular flexibility index (Phi) is 5.53. The first-order valence-electron chi connectivity index (χ1n) is 9.91. The van der Waals surface area contributed by atoms with E-state index >= 15 is 0 Å². The van der Waals surface area contributed by atoms with E-state index in [9.17, 15) is 9.46 Å². The second kappa shape index (κ2) is 8.55. The third kappa shape index (κ3) is 4.23. The lowest BCUT2D eigenvalue weighted by Crippen LogP contribution is -1.96. The Morgan fingerprint density at radius 3 is 1.61 bits per heavy atom. The molecule has 1 N–H and O–H groups in total. The molecule has 0 amide bonds. The van der Waals surface area contributed by atoms with Crippen LogP contribution in [-0.2, 0) is 13.6 Å². The predicted molar refractivity (Wildman–Crippen MR) is 138 cm³/mol. The number of fused-ring (bicyclic) bond motifs is 4. The molecule has 4 nitrogen and oxygen atoms in total. The summed E-state index contributed by atoms with van der Waals surface area (Å²) in [6.07, 6.45) is 3.60. The van der Waals surface area contributed by atoms with Gasteiger partial charge in [-0.1, -0.05) is 59.9 Å². The molecule has 2 aliphatic rings. The zero-order valence-corrected chi connectivity index (χ0v) is 21.0. The van der Waals surface area contributed by atoms with E-state index in [4.69, 9.17) is 9.05 Å². The van der Waals surface area contributed by atoms with Crippen LogP contribution in [0.25, 0.3) is 23.7 Å². The standard InChI is InChI=1S/C24H15O4PS4/c25-29(26,27-19-13-15-5-1-3-7-21(15)32-23-17(19)9-11-30-23)28-20-14-16-6-2-4-8-22(16)33-24-18(20)10-12-31-24/h1-14H,(H,25,26). The van der Waals surface area contributed by atoms with Crippen LogP contribution in [-0.4, -0.2) is 4.89 Å². The van der Waals surface area contributed by atoms with Crippen molar-refractivity contribution in [2.24, 2.45) is 0 Å². The molecule has 0 bridgehead atoms. The number of rotatable bonds is 4. The van der Waals surface area contributed by atoms with Crippen LogP contribution < -0.4 is 0 Å². The third-order valence-corrected chi connectivity index (χ3v) is 10.4. The van der Waals surface area contributed by atoms with Gasteiger partial charge in [0.1, 0.15) is 11.5 Å². The van der Waals surface area contributed by atoms with E-state index in [0.717, 1.165) is 40.5 Å². The molecule has 9 heteroatoms. The van der Waals surface area contributed by atoms with Crippen molar-refractivity contribution in [3.05, 3.63) is 93.7 Å². The Hall–Kier alpha value is -2.19. The molecule has 0 fully saturated rings. The second-order valence-corrected chi connectivity index (χ2v) is 12.9. The minimum Gasteiger partial charge on any atom is -0.394 e. The maximum atomic E-state index is 13.3. The van der Waals surface area contributed by atoms with E-state index in [1.54, 1.807) is 58.3 Å². The van der Waals surface area contributed by atoms with Crippen molar-refractivity contribution in [1.82, 2.24) is 0 Å². The van der Waals surface area contributed by atoms with Gasteiger partial charge in [0.05, 0.1) is 8.42 Å². The van der Waals surface area contributed by atoms with Crippen molar-refractivity contribution in [1.29, 1.82) is 0 Å². The van der Waals surface area contributed by atoms with Gasteiger partial charge in [-0.05, 0) is 58.3 Å². The summed E-state index contributed by atoms with van der Waals surface area (Å²) in [6.45, 7) is 0. The molecular weight excluding hydrogens is 512 g/mol. The van der Waals surface area contributed by atoms with Crippen molar-refractivity contribution < 1.29 is 18.5 Å². The highest BCUT2D eigenvalue weighted by molar-refractivity contribution is 8.01. The summed E-state index contributed by atoms with van der Waals surface area (Å²) in [4.78, 5) is 13.0. The SMILES string of the molecule is O=P(O)(OC1=Cc2ccccc2Sc2sccc21)OC1=Cc2ccccc2Sc2sccc21. The quantitative estimate of drug-likeness (QED) is 0.269. The first-order valence-corrected chi connectivity index (χ1v) is 14.8. The van der Waals surface area contributed by atoms with E-state index in [2.05, 4.69) is 0 Å². The zero-order chi connectivity index (χ0) is 22.4. The third-order valence-electron chi connectivity index (χ3n) is 5.03. The molecule has 0 saturated heterocycles. The summed E-state index contributed by atoms with van der Waals surface area (Å²) in [6, 6.07) is 19.6. The van der Waals surface area contributed by atoms with Gasteiger partial charge in [-0.25, -0.2) is 4.57 Å². The van der Waals surface area contributed by atoms with Crippen LogP contribution in [0.3, 0.4) is 0 Å². The molecule has 2 aliphatic heterocycles. The lowest BCUT2D eigenvalue weighted by atomic mass is 10.1. The molecule has 4 heterocycles. The Morgan fingerprint density at radius 1 is 0.667 bits per heavy atom. The first-order chi connectivity index (χ1) is 16.1. The van der Waals surface area contributed by atoms with Crippen molar-refractivity contribution in [2.75, 3.05) is 0 Å². The van der Waals surface area contributed by atoms with Crippen LogP contribution in [0, 0.1) is 0 Å². The van der Waals surface area contributed by atoms with Gasteiger partial charge in [-0.2, -0.15) is 0 Å². The fourth-order valence-electron chi connectivity index (χ4n) is 3.56. The van der Waals surface area contributed by atoms with E-state index in [-0.39, 0.29) is 0 Å². The average molecular weight is 527 g/mol. The van der Waals surface area contributed by atoms with Gasteiger partial charge in [0.15, 0.2) is 0 Å². The molecule has 0 radical (unpaired) electrons. The van der Waals surface area contributed by atoms with Gasteiger partial charge >= 0.3 is 7.82 Å². The minimum atomic E-state index is -4.50. The summed E-state index contributed by atoms with van der Waals surface area (Å²) in [5, 5.41) is 3.90. The van der Waals surface area contributed by atoms with Crippen LogP contribution in [0.15, 0.2) is 89.6 Å². The molecule has 2 aromatic heterocycles. The smallest absolute Gasteiger partial charge is 0.394 e. The maximum absolute atomic E-state index is 13.3. The van der Waals surface area contributed by atoms with E-state index < -0.39 is 7.82 Å². The molecule has 4 aromatic rings. The second-order valence-electron chi connectivity index (χ2n) is 7.19. The fourth-order valence-corrected chi connectivity index (χ4v) is 8.64. The number of benzene rings is 2. The zero-order valence-electron chi connectivity index (χ0n) is 16.8. The maximum Gasteiger partial charge on any atom is 0.584 e. The average Bonchev–Trinajstić information content (AvgIpc) is 3.39. The number of phosphoric acid groups is 1. The van der Waals surface area contributed by atoms with E-state index in [0.29, 0.717) is 11.5 Å². The highest BCUT2D eigenvalue weighted by Gasteiger charge is 2.32. The van der Waals surface area contributed by atoms with Gasteiger partial charge in [-0.3, -0.25) is 4.89 Å². The van der Waals surface area contributed by atoms with Gasteiger partial charge in [0, 0.05) is 20.9 Å². The van der Waals surface area contributed by atoms with Crippen molar-refractivity contribution in [3.63, 3.8) is 0 Å². The van der Waals surface area contributed by atoms with Crippen LogP contribution in [0.5, 0.6) is 0 Å². The minimum absolute atomic E-state index is 0.323. The summed E-state index contributed by atoms with van der Waals surface area (Å²) >= 11 is 6.39. The van der Waals surface area contributed by atoms with Crippen LogP contribution >= 0.6 is 54.0 Å². The molecular formula is C24H15O4PS4. The Morgan fingerprint density at radius 2 is 1.12 bits per heavy atom. The number of phosphoric ester groups is 1. The molecule has 0 unspecified atom stereocenters. The van der Waals surface area contributed by atoms with Crippen LogP contribution in [0.2, 0.25) is 0 Å². The predicted octanol–water partition coefficient (Wildman–Crippen LogP) is 8.57. The monoisotopic (exact) mass is 526 g/mol. The van der Waals surface area contributed by atoms with Crippen molar-refractivity contribution >= 4 is 77.7 Å². The first kappa shape index (κ1) is 21.4. The van der Waals surface area contributed by atoms with Gasteiger partial charge < -0.3 is 9.05 Å². The lowest BCUT2D eigenvalue weighted by Gasteiger charge is -2.17. The number of thiophene rings is 2. The van der Waals surface area contributed by atoms with E-state index in [1.165, 1.54) is 0 Å². The van der Waals surface area contributed by atoms with Crippen molar-refractivity contribution in [2.45, 2.75) is 18.2 Å². The van der Waals surface area contributed by atoms with E-state index in [1.807, 2.05) is 71.4 Å². The Bertz CT molecular complexity index is 1380. The molecule has 6 rings (SSSR count). The summed E-state index contributed by atoms with van der Waals surface area (Å²) in [5.41, 5.74) is 3.43. The lowest BCUT2D eigenvalue weighted by molar-refractivity contribution is 0.264. The molecule has 0 saturated carbocycles. The molecule has 0 aliphatic carbocycles. The fraction of sp³-hybridized carbons (Fsp3) is 0.